The summed E-state index contributed by atoms with van der Waals surface area (Å²) in [6, 6.07) is 9.81. The first-order valence-electron chi connectivity index (χ1n) is 8.36. The minimum Gasteiger partial charge on any atom is -0.378 e. The van der Waals surface area contributed by atoms with Crippen molar-refractivity contribution in [1.82, 2.24) is 10.3 Å². The molecule has 0 aliphatic carbocycles. The lowest BCUT2D eigenvalue weighted by molar-refractivity contribution is 0.0966. The van der Waals surface area contributed by atoms with Crippen molar-refractivity contribution in [1.29, 1.82) is 0 Å². The molecule has 0 bridgehead atoms. The normalized spacial score (nSPS) is 21.8. The van der Waals surface area contributed by atoms with E-state index in [1.807, 2.05) is 37.3 Å². The van der Waals surface area contributed by atoms with Crippen LogP contribution in [-0.4, -0.2) is 36.2 Å². The zero-order valence-corrected chi connectivity index (χ0v) is 14.0. The van der Waals surface area contributed by atoms with Crippen molar-refractivity contribution < 1.29 is 9.53 Å². The third kappa shape index (κ3) is 3.16. The number of hydrogen-bond donors (Lipinski definition) is 4. The number of fused-ring (bicyclic) bond motifs is 1. The highest BCUT2D eigenvalue weighted by Gasteiger charge is 2.28. The number of pyridine rings is 1. The van der Waals surface area contributed by atoms with Crippen LogP contribution in [0.5, 0.6) is 0 Å². The first kappa shape index (κ1) is 15.9. The Hall–Kier alpha value is -2.64. The molecule has 1 aromatic heterocycles. The monoisotopic (exact) mass is 339 g/mol. The fourth-order valence-corrected chi connectivity index (χ4v) is 3.19. The molecule has 25 heavy (non-hydrogen) atoms. The van der Waals surface area contributed by atoms with E-state index < -0.39 is 0 Å². The summed E-state index contributed by atoms with van der Waals surface area (Å²) in [5.41, 5.74) is 9.59. The van der Waals surface area contributed by atoms with Crippen LogP contribution < -0.4 is 21.7 Å². The van der Waals surface area contributed by atoms with E-state index in [4.69, 9.17) is 10.5 Å². The first-order chi connectivity index (χ1) is 12.1. The Bertz CT molecular complexity index is 823. The molecule has 1 aromatic carbocycles. The van der Waals surface area contributed by atoms with Crippen LogP contribution in [-0.2, 0) is 11.3 Å². The smallest absolute Gasteiger partial charge is 0.255 e. The highest BCUT2D eigenvalue weighted by atomic mass is 16.5. The molecule has 4 rings (SSSR count). The number of anilines is 3. The number of hydrogen-bond acceptors (Lipinski definition) is 6. The van der Waals surface area contributed by atoms with E-state index in [-0.39, 0.29) is 18.0 Å². The first-order valence-corrected chi connectivity index (χ1v) is 8.36. The summed E-state index contributed by atoms with van der Waals surface area (Å²) in [5.74, 6) is 1.13. The van der Waals surface area contributed by atoms with Crippen LogP contribution in [0.15, 0.2) is 30.3 Å². The van der Waals surface area contributed by atoms with Gasteiger partial charge in [0.1, 0.15) is 11.6 Å². The summed E-state index contributed by atoms with van der Waals surface area (Å²) in [7, 11) is 0. The van der Waals surface area contributed by atoms with Crippen LogP contribution in [0, 0.1) is 6.92 Å². The van der Waals surface area contributed by atoms with Crippen molar-refractivity contribution in [3.63, 3.8) is 0 Å². The molecule has 7 heteroatoms. The summed E-state index contributed by atoms with van der Waals surface area (Å²) < 4.78 is 5.39. The minimum absolute atomic E-state index is 0.0161. The minimum atomic E-state index is -0.106. The fourth-order valence-electron chi connectivity index (χ4n) is 3.19. The van der Waals surface area contributed by atoms with Crippen molar-refractivity contribution in [3.8, 4) is 0 Å². The predicted molar refractivity (Wildman–Crippen MR) is 96.1 cm³/mol. The van der Waals surface area contributed by atoms with Gasteiger partial charge in [-0.05, 0) is 36.2 Å². The average Bonchev–Trinajstić information content (AvgIpc) is 3.14. The second-order valence-corrected chi connectivity index (χ2v) is 6.52. The highest BCUT2D eigenvalue weighted by molar-refractivity contribution is 6.03. The van der Waals surface area contributed by atoms with E-state index in [1.165, 1.54) is 0 Å². The molecule has 5 N–H and O–H groups in total. The topological polar surface area (TPSA) is 101 Å². The Morgan fingerprint density at radius 1 is 1.32 bits per heavy atom. The van der Waals surface area contributed by atoms with E-state index in [0.717, 1.165) is 16.8 Å². The molecule has 1 amide bonds. The van der Waals surface area contributed by atoms with Gasteiger partial charge in [-0.1, -0.05) is 12.1 Å². The molecule has 1 unspecified atom stereocenters. The molecule has 2 atom stereocenters. The largest absolute Gasteiger partial charge is 0.378 e. The van der Waals surface area contributed by atoms with Gasteiger partial charge in [0.15, 0.2) is 0 Å². The molecular formula is C18H21N5O2. The summed E-state index contributed by atoms with van der Waals surface area (Å²) >= 11 is 0. The Morgan fingerprint density at radius 2 is 2.20 bits per heavy atom. The van der Waals surface area contributed by atoms with Crippen LogP contribution in [0.1, 0.15) is 21.5 Å². The van der Waals surface area contributed by atoms with Gasteiger partial charge in [-0.2, -0.15) is 0 Å². The van der Waals surface area contributed by atoms with Crippen molar-refractivity contribution in [2.75, 3.05) is 23.8 Å². The van der Waals surface area contributed by atoms with Gasteiger partial charge in [0.05, 0.1) is 30.9 Å². The zero-order chi connectivity index (χ0) is 17.4. The van der Waals surface area contributed by atoms with Crippen LogP contribution in [0.2, 0.25) is 0 Å². The Balaban J connectivity index is 1.67. The zero-order valence-electron chi connectivity index (χ0n) is 14.0. The third-order valence-electron chi connectivity index (χ3n) is 4.51. The Morgan fingerprint density at radius 3 is 2.96 bits per heavy atom. The maximum absolute atomic E-state index is 12.2. The number of carbonyl (C=O) groups is 1. The van der Waals surface area contributed by atoms with Crippen LogP contribution in [0.3, 0.4) is 0 Å². The molecule has 0 radical (unpaired) electrons. The molecular weight excluding hydrogens is 318 g/mol. The lowest BCUT2D eigenvalue weighted by Gasteiger charge is -2.18. The predicted octanol–water partition coefficient (Wildman–Crippen LogP) is 1.52. The average molecular weight is 339 g/mol. The van der Waals surface area contributed by atoms with Gasteiger partial charge < -0.3 is 26.4 Å². The van der Waals surface area contributed by atoms with E-state index >= 15 is 0 Å². The molecule has 7 nitrogen and oxygen atoms in total. The van der Waals surface area contributed by atoms with Crippen molar-refractivity contribution >= 4 is 23.2 Å². The van der Waals surface area contributed by atoms with E-state index in [2.05, 4.69) is 20.9 Å². The molecule has 130 valence electrons. The Labute approximate surface area is 146 Å². The van der Waals surface area contributed by atoms with Crippen molar-refractivity contribution in [2.45, 2.75) is 25.6 Å². The van der Waals surface area contributed by atoms with Gasteiger partial charge in [-0.25, -0.2) is 4.98 Å². The number of amides is 1. The molecule has 2 aliphatic heterocycles. The van der Waals surface area contributed by atoms with Gasteiger partial charge in [0.25, 0.3) is 5.91 Å². The summed E-state index contributed by atoms with van der Waals surface area (Å²) in [6.07, 6.45) is 0. The molecule has 1 fully saturated rings. The van der Waals surface area contributed by atoms with Crippen LogP contribution in [0.4, 0.5) is 17.3 Å². The van der Waals surface area contributed by atoms with Gasteiger partial charge in [-0.3, -0.25) is 4.79 Å². The number of nitrogens with one attached hydrogen (secondary N) is 3. The van der Waals surface area contributed by atoms with Gasteiger partial charge >= 0.3 is 0 Å². The number of rotatable bonds is 4. The van der Waals surface area contributed by atoms with Crippen LogP contribution >= 0.6 is 0 Å². The summed E-state index contributed by atoms with van der Waals surface area (Å²) in [6.45, 7) is 3.62. The molecule has 0 saturated carbocycles. The maximum atomic E-state index is 12.2. The second-order valence-electron chi connectivity index (χ2n) is 6.52. The van der Waals surface area contributed by atoms with E-state index in [9.17, 15) is 4.79 Å². The number of nitrogens with two attached hydrogens (primary N) is 1. The molecule has 2 aromatic rings. The van der Waals surface area contributed by atoms with Gasteiger partial charge in [0, 0.05) is 12.2 Å². The number of carbonyl (C=O) groups excluding carboxylic acids is 1. The summed E-state index contributed by atoms with van der Waals surface area (Å²) in [4.78, 5) is 16.8. The van der Waals surface area contributed by atoms with Crippen molar-refractivity contribution in [2.24, 2.45) is 5.73 Å². The highest BCUT2D eigenvalue weighted by Crippen LogP contribution is 2.29. The number of benzene rings is 1. The van der Waals surface area contributed by atoms with E-state index in [0.29, 0.717) is 37.0 Å². The second kappa shape index (κ2) is 6.34. The molecule has 1 saturated heterocycles. The standard InChI is InChI=1S/C18H21N5O2/c1-10-3-2-4-12(5-10)21-17-16-11(7-20-18(16)24)6-15(23-17)22-14-9-25-8-13(14)19/h2-6,13-14H,7-9,19H2,1H3,(H,20,24)(H2,21,22,23)/t13-,14?/m0/s1. The third-order valence-corrected chi connectivity index (χ3v) is 4.51. The maximum Gasteiger partial charge on any atom is 0.255 e. The summed E-state index contributed by atoms with van der Waals surface area (Å²) in [5, 5.41) is 9.47. The number of ether oxygens (including phenoxy) is 1. The number of aromatic nitrogens is 1. The lowest BCUT2D eigenvalue weighted by Crippen LogP contribution is -2.39. The van der Waals surface area contributed by atoms with Crippen LogP contribution in [0.25, 0.3) is 0 Å². The van der Waals surface area contributed by atoms with Gasteiger partial charge in [-0.15, -0.1) is 0 Å². The van der Waals surface area contributed by atoms with E-state index in [1.54, 1.807) is 0 Å². The lowest BCUT2D eigenvalue weighted by atomic mass is 10.1. The quantitative estimate of drug-likeness (QED) is 0.674. The van der Waals surface area contributed by atoms with Gasteiger partial charge in [0.2, 0.25) is 0 Å². The Kier molecular flexibility index (Phi) is 4.03. The number of aryl methyl sites for hydroxylation is 1. The molecule has 3 heterocycles. The SMILES string of the molecule is Cc1cccc(Nc2nc(NC3COC[C@@H]3N)cc3c2C(=O)NC3)c1. The van der Waals surface area contributed by atoms with Crippen molar-refractivity contribution in [3.05, 3.63) is 47.0 Å². The molecule has 0 spiro atoms. The number of nitrogens with zero attached hydrogens (tertiary/aromatic N) is 1. The molecule has 2 aliphatic rings. The fraction of sp³-hybridized carbons (Fsp3) is 0.333.